The number of carbonyl (C=O) groups excluding carboxylic acids is 1. The summed E-state index contributed by atoms with van der Waals surface area (Å²) in [5, 5.41) is 12.0. The topological polar surface area (TPSA) is 46.5 Å². The maximum absolute atomic E-state index is 12.0. The summed E-state index contributed by atoms with van der Waals surface area (Å²) in [4.78, 5) is 11.5. The average Bonchev–Trinajstić information content (AvgIpc) is 3.04. The molecule has 0 aromatic heterocycles. The van der Waals surface area contributed by atoms with Gasteiger partial charge in [0.15, 0.2) is 0 Å². The molecular formula is C29H42O3. The fraction of sp³-hybridized carbons (Fsp3) is 0.759. The zero-order valence-electron chi connectivity index (χ0n) is 20.3. The third-order valence-electron chi connectivity index (χ3n) is 10.9. The Balaban J connectivity index is 1.31. The van der Waals surface area contributed by atoms with E-state index < -0.39 is 5.60 Å². The first-order valence-corrected chi connectivity index (χ1v) is 13.2. The lowest BCUT2D eigenvalue weighted by Crippen LogP contribution is -2.57. The standard InChI is InChI=1S/C29H42O3/c1-20(30)32-23-12-15-27(2)22(19-23)9-10-24-25(27)13-16-28(3)26(24)14-18-29(28,31)17-11-21-7-5-4-6-8-21/h4-8,22-26,31H,9-19H2,1-3H3/t22-,23-,24-,25+,26-,27-,28-,29+/m1/s1. The predicted octanol–water partition coefficient (Wildman–Crippen LogP) is 6.32. The van der Waals surface area contributed by atoms with Gasteiger partial charge in [-0.15, -0.1) is 0 Å². The first kappa shape index (κ1) is 22.4. The number of hydrogen-bond donors (Lipinski definition) is 1. The molecule has 0 amide bonds. The Kier molecular flexibility index (Phi) is 5.72. The van der Waals surface area contributed by atoms with E-state index in [0.29, 0.717) is 17.3 Å². The van der Waals surface area contributed by atoms with E-state index in [9.17, 15) is 9.90 Å². The van der Waals surface area contributed by atoms with Gasteiger partial charge in [-0.2, -0.15) is 0 Å². The Morgan fingerprint density at radius 2 is 1.75 bits per heavy atom. The molecule has 1 N–H and O–H groups in total. The van der Waals surface area contributed by atoms with Gasteiger partial charge in [0, 0.05) is 6.92 Å². The minimum absolute atomic E-state index is 0.0566. The second-order valence-electron chi connectivity index (χ2n) is 12.2. The van der Waals surface area contributed by atoms with Gasteiger partial charge in [0.2, 0.25) is 0 Å². The molecule has 3 nitrogen and oxygen atoms in total. The van der Waals surface area contributed by atoms with E-state index in [2.05, 4.69) is 44.2 Å². The number of esters is 1. The van der Waals surface area contributed by atoms with Crippen molar-refractivity contribution in [2.75, 3.05) is 0 Å². The largest absolute Gasteiger partial charge is 0.463 e. The highest BCUT2D eigenvalue weighted by Gasteiger charge is 2.64. The van der Waals surface area contributed by atoms with Crippen LogP contribution in [0.1, 0.15) is 90.5 Å². The fourth-order valence-electron chi connectivity index (χ4n) is 9.08. The normalized spacial score (nSPS) is 45.4. The van der Waals surface area contributed by atoms with Gasteiger partial charge in [0.05, 0.1) is 5.60 Å². The number of rotatable bonds is 4. The first-order valence-electron chi connectivity index (χ1n) is 13.2. The van der Waals surface area contributed by atoms with Gasteiger partial charge < -0.3 is 9.84 Å². The van der Waals surface area contributed by atoms with Crippen LogP contribution in [-0.4, -0.2) is 22.8 Å². The highest BCUT2D eigenvalue weighted by molar-refractivity contribution is 5.66. The molecule has 0 unspecified atom stereocenters. The average molecular weight is 439 g/mol. The van der Waals surface area contributed by atoms with Gasteiger partial charge in [-0.05, 0) is 111 Å². The summed E-state index contributed by atoms with van der Waals surface area (Å²) in [6, 6.07) is 10.7. The van der Waals surface area contributed by atoms with Crippen molar-refractivity contribution in [3.8, 4) is 0 Å². The molecule has 0 spiro atoms. The van der Waals surface area contributed by atoms with E-state index in [1.807, 2.05) is 0 Å². The van der Waals surface area contributed by atoms with Crippen molar-refractivity contribution in [2.24, 2.45) is 34.5 Å². The molecule has 4 aliphatic rings. The van der Waals surface area contributed by atoms with Crippen LogP contribution < -0.4 is 0 Å². The maximum Gasteiger partial charge on any atom is 0.302 e. The van der Waals surface area contributed by atoms with Crippen molar-refractivity contribution in [3.05, 3.63) is 35.9 Å². The van der Waals surface area contributed by atoms with Gasteiger partial charge in [-0.3, -0.25) is 4.79 Å². The molecule has 0 heterocycles. The number of fused-ring (bicyclic) bond motifs is 5. The molecule has 4 fully saturated rings. The van der Waals surface area contributed by atoms with E-state index in [1.165, 1.54) is 44.1 Å². The number of hydrogen-bond acceptors (Lipinski definition) is 3. The van der Waals surface area contributed by atoms with Crippen LogP contribution in [0.5, 0.6) is 0 Å². The number of ether oxygens (including phenoxy) is 1. The van der Waals surface area contributed by atoms with Gasteiger partial charge in [0.25, 0.3) is 0 Å². The van der Waals surface area contributed by atoms with Gasteiger partial charge in [0.1, 0.15) is 6.10 Å². The molecular weight excluding hydrogens is 396 g/mol. The van der Waals surface area contributed by atoms with Crippen LogP contribution in [0.2, 0.25) is 0 Å². The second kappa shape index (κ2) is 8.15. The summed E-state index contributed by atoms with van der Waals surface area (Å²) in [5.74, 6) is 2.75. The van der Waals surface area contributed by atoms with Crippen molar-refractivity contribution in [1.29, 1.82) is 0 Å². The molecule has 8 atom stereocenters. The lowest BCUT2D eigenvalue weighted by Gasteiger charge is -2.61. The van der Waals surface area contributed by atoms with E-state index >= 15 is 0 Å². The second-order valence-corrected chi connectivity index (χ2v) is 12.2. The van der Waals surface area contributed by atoms with Crippen LogP contribution in [0.4, 0.5) is 0 Å². The minimum Gasteiger partial charge on any atom is -0.463 e. The molecule has 4 aliphatic carbocycles. The molecule has 4 saturated carbocycles. The highest BCUT2D eigenvalue weighted by Crippen LogP contribution is 2.68. The maximum atomic E-state index is 12.0. The SMILES string of the molecule is CC(=O)O[C@@H]1CC[C@]2(C)[C@H](CC[C@H]3[C@H]4CC[C@@](O)(CCc5ccccc5)[C@]4(C)CC[C@@H]32)C1. The quantitative estimate of drug-likeness (QED) is 0.559. The first-order chi connectivity index (χ1) is 15.3. The summed E-state index contributed by atoms with van der Waals surface area (Å²) in [6.07, 6.45) is 12.4. The van der Waals surface area contributed by atoms with Crippen molar-refractivity contribution in [2.45, 2.75) is 103 Å². The van der Waals surface area contributed by atoms with Gasteiger partial charge in [-0.25, -0.2) is 0 Å². The zero-order valence-corrected chi connectivity index (χ0v) is 20.3. The van der Waals surface area contributed by atoms with Crippen molar-refractivity contribution in [1.82, 2.24) is 0 Å². The summed E-state index contributed by atoms with van der Waals surface area (Å²) >= 11 is 0. The molecule has 0 radical (unpaired) electrons. The van der Waals surface area contributed by atoms with Crippen LogP contribution in [0, 0.1) is 34.5 Å². The Bertz CT molecular complexity index is 836. The molecule has 5 rings (SSSR count). The van der Waals surface area contributed by atoms with Crippen LogP contribution >= 0.6 is 0 Å². The molecule has 0 saturated heterocycles. The van der Waals surface area contributed by atoms with Crippen LogP contribution in [0.25, 0.3) is 0 Å². The smallest absolute Gasteiger partial charge is 0.302 e. The Hall–Kier alpha value is -1.35. The molecule has 0 bridgehead atoms. The zero-order chi connectivity index (χ0) is 22.6. The summed E-state index contributed by atoms with van der Waals surface area (Å²) < 4.78 is 5.63. The Morgan fingerprint density at radius 3 is 2.50 bits per heavy atom. The number of carbonyl (C=O) groups is 1. The molecule has 3 heteroatoms. The summed E-state index contributed by atoms with van der Waals surface area (Å²) in [5.41, 5.74) is 1.26. The molecule has 1 aromatic carbocycles. The third-order valence-corrected chi connectivity index (χ3v) is 10.9. The van der Waals surface area contributed by atoms with Crippen molar-refractivity contribution >= 4 is 5.97 Å². The van der Waals surface area contributed by atoms with Gasteiger partial charge >= 0.3 is 5.97 Å². The van der Waals surface area contributed by atoms with E-state index in [4.69, 9.17) is 4.74 Å². The van der Waals surface area contributed by atoms with Crippen molar-refractivity contribution in [3.63, 3.8) is 0 Å². The highest BCUT2D eigenvalue weighted by atomic mass is 16.5. The lowest BCUT2D eigenvalue weighted by atomic mass is 9.44. The number of benzene rings is 1. The van der Waals surface area contributed by atoms with E-state index in [-0.39, 0.29) is 17.5 Å². The number of aryl methyl sites for hydroxylation is 1. The van der Waals surface area contributed by atoms with E-state index in [0.717, 1.165) is 43.9 Å². The van der Waals surface area contributed by atoms with Crippen LogP contribution in [0.15, 0.2) is 30.3 Å². The summed E-state index contributed by atoms with van der Waals surface area (Å²) in [6.45, 7) is 6.53. The molecule has 32 heavy (non-hydrogen) atoms. The third kappa shape index (κ3) is 3.54. The minimum atomic E-state index is -0.525. The molecule has 0 aliphatic heterocycles. The fourth-order valence-corrected chi connectivity index (χ4v) is 9.08. The number of aliphatic hydroxyl groups is 1. The Morgan fingerprint density at radius 1 is 1.00 bits per heavy atom. The summed E-state index contributed by atoms with van der Waals surface area (Å²) in [7, 11) is 0. The molecule has 176 valence electrons. The van der Waals surface area contributed by atoms with Crippen molar-refractivity contribution < 1.29 is 14.6 Å². The molecule has 1 aromatic rings. The van der Waals surface area contributed by atoms with Crippen LogP contribution in [0.3, 0.4) is 0 Å². The van der Waals surface area contributed by atoms with Gasteiger partial charge in [-0.1, -0.05) is 44.2 Å². The monoisotopic (exact) mass is 438 g/mol. The van der Waals surface area contributed by atoms with Crippen LogP contribution in [-0.2, 0) is 16.0 Å². The predicted molar refractivity (Wildman–Crippen MR) is 127 cm³/mol. The lowest BCUT2D eigenvalue weighted by molar-refractivity contribution is -0.170. The Labute approximate surface area is 194 Å². The van der Waals surface area contributed by atoms with E-state index in [1.54, 1.807) is 6.92 Å².